The Balaban J connectivity index is 3.20. The van der Waals surface area contributed by atoms with E-state index in [1.54, 1.807) is 14.2 Å². The number of rotatable bonds is 6. The highest BCUT2D eigenvalue weighted by atomic mass is 16.5. The van der Waals surface area contributed by atoms with Gasteiger partial charge in [0.05, 0.1) is 19.6 Å². The number of likely N-dealkylation sites (N-methyl/N-ethyl adjacent to an activating group) is 1. The van der Waals surface area contributed by atoms with Crippen molar-refractivity contribution in [1.82, 2.24) is 5.32 Å². The average Bonchev–Trinajstić information content (AvgIpc) is 2.28. The molecule has 5 nitrogen and oxygen atoms in total. The Morgan fingerprint density at radius 2 is 2.11 bits per heavy atom. The van der Waals surface area contributed by atoms with Crippen LogP contribution in [0.3, 0.4) is 0 Å². The van der Waals surface area contributed by atoms with Gasteiger partial charge < -0.3 is 20.9 Å². The molecule has 1 aromatic rings. The van der Waals surface area contributed by atoms with E-state index in [4.69, 9.17) is 15.6 Å². The van der Waals surface area contributed by atoms with E-state index >= 15 is 0 Å². The van der Waals surface area contributed by atoms with Crippen LogP contribution in [0, 0.1) is 13.8 Å². The quantitative estimate of drug-likeness (QED) is 0.724. The lowest BCUT2D eigenvalue weighted by atomic mass is 9.93. The van der Waals surface area contributed by atoms with Crippen molar-refractivity contribution in [3.05, 3.63) is 28.8 Å². The van der Waals surface area contributed by atoms with Gasteiger partial charge in [-0.2, -0.15) is 0 Å². The van der Waals surface area contributed by atoms with Gasteiger partial charge in [-0.05, 0) is 26.5 Å². The highest BCUT2D eigenvalue weighted by molar-refractivity contribution is 5.67. The first-order chi connectivity index (χ1) is 8.90. The van der Waals surface area contributed by atoms with Gasteiger partial charge in [0, 0.05) is 11.6 Å². The molecule has 1 rings (SSSR count). The molecule has 0 radical (unpaired) electrons. The number of benzene rings is 1. The van der Waals surface area contributed by atoms with Crippen LogP contribution in [0.5, 0.6) is 5.75 Å². The summed E-state index contributed by atoms with van der Waals surface area (Å²) in [6.45, 7) is 3.95. The number of nitrogens with two attached hydrogens (primary N) is 1. The van der Waals surface area contributed by atoms with Crippen LogP contribution in [0.25, 0.3) is 0 Å². The number of nitrogens with one attached hydrogen (secondary N) is 1. The predicted molar refractivity (Wildman–Crippen MR) is 74.5 cm³/mol. The van der Waals surface area contributed by atoms with Crippen LogP contribution in [0.15, 0.2) is 12.1 Å². The zero-order valence-corrected chi connectivity index (χ0v) is 11.9. The zero-order chi connectivity index (χ0) is 14.6. The summed E-state index contributed by atoms with van der Waals surface area (Å²) in [6.07, 6.45) is -0.0956. The van der Waals surface area contributed by atoms with Crippen LogP contribution < -0.4 is 15.8 Å². The van der Waals surface area contributed by atoms with E-state index in [2.05, 4.69) is 5.32 Å². The Bertz CT molecular complexity index is 460. The molecular formula is C14H22N2O3. The fraction of sp³-hybridized carbons (Fsp3) is 0.500. The smallest absolute Gasteiger partial charge is 0.304 e. The maximum Gasteiger partial charge on any atom is 0.304 e. The maximum atomic E-state index is 10.8. The Labute approximate surface area is 113 Å². The lowest BCUT2D eigenvalue weighted by molar-refractivity contribution is -0.137. The average molecular weight is 266 g/mol. The molecule has 0 spiro atoms. The Hall–Kier alpha value is -1.59. The van der Waals surface area contributed by atoms with Crippen molar-refractivity contribution in [1.29, 1.82) is 0 Å². The highest BCUT2D eigenvalue weighted by Gasteiger charge is 2.24. The van der Waals surface area contributed by atoms with Crippen LogP contribution in [0.4, 0.5) is 0 Å². The maximum absolute atomic E-state index is 10.8. The first kappa shape index (κ1) is 15.5. The molecule has 0 aliphatic carbocycles. The SMILES string of the molecule is CNC(c1cc(C)cc(C)c1OC)C(N)CC(=O)O. The molecule has 0 saturated carbocycles. The van der Waals surface area contributed by atoms with Crippen molar-refractivity contribution < 1.29 is 14.6 Å². The highest BCUT2D eigenvalue weighted by Crippen LogP contribution is 2.31. The van der Waals surface area contributed by atoms with E-state index in [1.165, 1.54) is 0 Å². The third-order valence-electron chi connectivity index (χ3n) is 3.14. The minimum Gasteiger partial charge on any atom is -0.496 e. The van der Waals surface area contributed by atoms with Gasteiger partial charge in [-0.25, -0.2) is 0 Å². The normalized spacial score (nSPS) is 13.9. The fourth-order valence-corrected chi connectivity index (χ4v) is 2.42. The molecule has 2 atom stereocenters. The van der Waals surface area contributed by atoms with Crippen molar-refractivity contribution in [3.8, 4) is 5.75 Å². The number of carbonyl (C=O) groups is 1. The van der Waals surface area contributed by atoms with Gasteiger partial charge in [0.15, 0.2) is 0 Å². The van der Waals surface area contributed by atoms with Crippen LogP contribution in [-0.4, -0.2) is 31.3 Å². The van der Waals surface area contributed by atoms with Crippen LogP contribution in [-0.2, 0) is 4.79 Å². The molecule has 0 heterocycles. The van der Waals surface area contributed by atoms with Crippen molar-refractivity contribution in [2.75, 3.05) is 14.2 Å². The van der Waals surface area contributed by atoms with Gasteiger partial charge in [-0.3, -0.25) is 4.79 Å². The Morgan fingerprint density at radius 3 is 2.58 bits per heavy atom. The van der Waals surface area contributed by atoms with E-state index in [1.807, 2.05) is 26.0 Å². The van der Waals surface area contributed by atoms with Gasteiger partial charge in [0.2, 0.25) is 0 Å². The number of ether oxygens (including phenoxy) is 1. The molecule has 2 unspecified atom stereocenters. The Morgan fingerprint density at radius 1 is 1.47 bits per heavy atom. The second-order valence-corrected chi connectivity index (χ2v) is 4.73. The molecule has 0 aliphatic heterocycles. The van der Waals surface area contributed by atoms with Crippen LogP contribution in [0.1, 0.15) is 29.2 Å². The van der Waals surface area contributed by atoms with Crippen LogP contribution in [0.2, 0.25) is 0 Å². The van der Waals surface area contributed by atoms with Gasteiger partial charge >= 0.3 is 5.97 Å². The number of methoxy groups -OCH3 is 1. The molecule has 0 aliphatic rings. The minimum atomic E-state index is -0.906. The van der Waals surface area contributed by atoms with Gasteiger partial charge in [-0.1, -0.05) is 17.7 Å². The van der Waals surface area contributed by atoms with E-state index in [0.717, 1.165) is 22.4 Å². The summed E-state index contributed by atoms with van der Waals surface area (Å²) in [5, 5.41) is 12.0. The molecule has 1 aromatic carbocycles. The zero-order valence-electron chi connectivity index (χ0n) is 11.9. The first-order valence-electron chi connectivity index (χ1n) is 6.20. The minimum absolute atomic E-state index is 0.0956. The fourth-order valence-electron chi connectivity index (χ4n) is 2.42. The Kier molecular flexibility index (Phi) is 5.32. The molecule has 5 heteroatoms. The van der Waals surface area contributed by atoms with E-state index in [-0.39, 0.29) is 12.5 Å². The summed E-state index contributed by atoms with van der Waals surface area (Å²) in [6, 6.07) is 3.23. The number of carboxylic acids is 1. The van der Waals surface area contributed by atoms with Gasteiger partial charge in [0.25, 0.3) is 0 Å². The van der Waals surface area contributed by atoms with Crippen molar-refractivity contribution in [2.24, 2.45) is 5.73 Å². The summed E-state index contributed by atoms with van der Waals surface area (Å²) in [7, 11) is 3.38. The third kappa shape index (κ3) is 3.68. The van der Waals surface area contributed by atoms with E-state index in [9.17, 15) is 4.79 Å². The number of hydrogen-bond acceptors (Lipinski definition) is 4. The molecule has 106 valence electrons. The van der Waals surface area contributed by atoms with Crippen molar-refractivity contribution >= 4 is 5.97 Å². The molecular weight excluding hydrogens is 244 g/mol. The number of carboxylic acid groups (broad SMARTS) is 1. The first-order valence-corrected chi connectivity index (χ1v) is 6.20. The second-order valence-electron chi connectivity index (χ2n) is 4.73. The molecule has 4 N–H and O–H groups in total. The topological polar surface area (TPSA) is 84.6 Å². The van der Waals surface area contributed by atoms with Crippen molar-refractivity contribution in [2.45, 2.75) is 32.4 Å². The summed E-state index contributed by atoms with van der Waals surface area (Å²) < 4.78 is 5.43. The summed E-state index contributed by atoms with van der Waals surface area (Å²) in [5.41, 5.74) is 8.99. The molecule has 0 amide bonds. The third-order valence-corrected chi connectivity index (χ3v) is 3.14. The van der Waals surface area contributed by atoms with Gasteiger partial charge in [-0.15, -0.1) is 0 Å². The summed E-state index contributed by atoms with van der Waals surface area (Å²) >= 11 is 0. The number of aryl methyl sites for hydroxylation is 2. The number of hydrogen-bond donors (Lipinski definition) is 3. The number of aliphatic carboxylic acids is 1. The molecule has 0 bridgehead atoms. The molecule has 0 saturated heterocycles. The monoisotopic (exact) mass is 266 g/mol. The lowest BCUT2D eigenvalue weighted by Gasteiger charge is -2.25. The molecule has 0 aromatic heterocycles. The largest absolute Gasteiger partial charge is 0.496 e. The lowest BCUT2D eigenvalue weighted by Crippen LogP contribution is -2.38. The standard InChI is InChI=1S/C14H22N2O3/c1-8-5-9(2)14(19-4)10(6-8)13(16-3)11(15)7-12(17)18/h5-6,11,13,16H,7,15H2,1-4H3,(H,17,18). The van der Waals surface area contributed by atoms with Crippen molar-refractivity contribution in [3.63, 3.8) is 0 Å². The van der Waals surface area contributed by atoms with E-state index in [0.29, 0.717) is 0 Å². The summed E-state index contributed by atoms with van der Waals surface area (Å²) in [5.74, 6) is -0.151. The van der Waals surface area contributed by atoms with Gasteiger partial charge in [0.1, 0.15) is 5.75 Å². The molecule has 0 fully saturated rings. The summed E-state index contributed by atoms with van der Waals surface area (Å²) in [4.78, 5) is 10.8. The predicted octanol–water partition coefficient (Wildman–Crippen LogP) is 1.37. The molecule has 19 heavy (non-hydrogen) atoms. The van der Waals surface area contributed by atoms with E-state index < -0.39 is 12.0 Å². The van der Waals surface area contributed by atoms with Crippen LogP contribution >= 0.6 is 0 Å². The second kappa shape index (κ2) is 6.54.